The third kappa shape index (κ3) is 3.54. The Morgan fingerprint density at radius 2 is 1.87 bits per heavy atom. The molecule has 4 N–H and O–H groups in total. The fourth-order valence-corrected chi connectivity index (χ4v) is 4.84. The van der Waals surface area contributed by atoms with Crippen LogP contribution in [0.4, 0.5) is 5.69 Å². The summed E-state index contributed by atoms with van der Waals surface area (Å²) in [6.45, 7) is 4.00. The van der Waals surface area contributed by atoms with Gasteiger partial charge in [0.2, 0.25) is 10.0 Å². The van der Waals surface area contributed by atoms with Crippen molar-refractivity contribution in [1.29, 1.82) is 5.26 Å². The topological polar surface area (TPSA) is 143 Å². The number of nitriles is 1. The zero-order valence-electron chi connectivity index (χ0n) is 17.1. The molecule has 0 saturated carbocycles. The van der Waals surface area contributed by atoms with Crippen LogP contribution < -0.4 is 15.8 Å². The number of allylic oxidation sites excluding steroid dienone is 3. The minimum atomic E-state index is -3.86. The number of furan rings is 1. The standard InChI is InChI=1S/C22H22N4O4S/c1-22(2)10-16-20(17(27)11-22)19(18-4-3-9-30-18)15(12-23)21(24)26(16)13-5-7-14(8-6-13)31(25,28)29/h3-9,19H,10-11,24H2,1-2H3,(H2,25,28,29). The van der Waals surface area contributed by atoms with Crippen molar-refractivity contribution in [3.8, 4) is 6.07 Å². The molecule has 0 radical (unpaired) electrons. The molecule has 1 aliphatic carbocycles. The van der Waals surface area contributed by atoms with Crippen LogP contribution in [-0.2, 0) is 14.8 Å². The second kappa shape index (κ2) is 7.11. The highest BCUT2D eigenvalue weighted by molar-refractivity contribution is 7.89. The number of hydrogen-bond donors (Lipinski definition) is 2. The van der Waals surface area contributed by atoms with Gasteiger partial charge in [-0.05, 0) is 48.2 Å². The zero-order valence-corrected chi connectivity index (χ0v) is 17.9. The Hall–Kier alpha value is -3.35. The number of nitrogens with two attached hydrogens (primary N) is 2. The maximum absolute atomic E-state index is 13.3. The molecular weight excluding hydrogens is 416 g/mol. The number of nitrogens with zero attached hydrogens (tertiary/aromatic N) is 2. The Bertz CT molecular complexity index is 1260. The number of benzene rings is 1. The number of Topliss-reactive ketones (excluding diaryl/α,β-unsaturated/α-hetero) is 1. The number of carbonyl (C=O) groups excluding carboxylic acids is 1. The molecule has 31 heavy (non-hydrogen) atoms. The summed E-state index contributed by atoms with van der Waals surface area (Å²) in [5.41, 5.74) is 8.07. The molecule has 4 rings (SSSR count). The number of hydrogen-bond acceptors (Lipinski definition) is 7. The molecule has 2 heterocycles. The molecule has 1 aliphatic heterocycles. The molecule has 1 atom stereocenters. The van der Waals surface area contributed by atoms with Gasteiger partial charge >= 0.3 is 0 Å². The van der Waals surface area contributed by atoms with Crippen molar-refractivity contribution in [3.63, 3.8) is 0 Å². The van der Waals surface area contributed by atoms with Crippen LogP contribution in [0.1, 0.15) is 38.4 Å². The quantitative estimate of drug-likeness (QED) is 0.750. The van der Waals surface area contributed by atoms with Gasteiger partial charge in [0.1, 0.15) is 11.6 Å². The van der Waals surface area contributed by atoms with Gasteiger partial charge in [0, 0.05) is 23.4 Å². The second-order valence-corrected chi connectivity index (χ2v) is 10.1. The average Bonchev–Trinajstić information content (AvgIpc) is 3.20. The van der Waals surface area contributed by atoms with Gasteiger partial charge < -0.3 is 10.2 Å². The molecule has 160 valence electrons. The molecular formula is C22H22N4O4S. The molecule has 0 saturated heterocycles. The summed E-state index contributed by atoms with van der Waals surface area (Å²) in [6.07, 6.45) is 2.37. The largest absolute Gasteiger partial charge is 0.468 e. The third-order valence-electron chi connectivity index (χ3n) is 5.63. The molecule has 9 heteroatoms. The second-order valence-electron chi connectivity index (χ2n) is 8.53. The Labute approximate surface area is 180 Å². The highest BCUT2D eigenvalue weighted by Crippen LogP contribution is 2.50. The molecule has 0 bridgehead atoms. The lowest BCUT2D eigenvalue weighted by atomic mass is 9.69. The van der Waals surface area contributed by atoms with Crippen LogP contribution >= 0.6 is 0 Å². The molecule has 8 nitrogen and oxygen atoms in total. The third-order valence-corrected chi connectivity index (χ3v) is 6.56. The van der Waals surface area contributed by atoms with E-state index < -0.39 is 15.9 Å². The van der Waals surface area contributed by atoms with E-state index in [0.717, 1.165) is 0 Å². The van der Waals surface area contributed by atoms with E-state index in [-0.39, 0.29) is 27.5 Å². The smallest absolute Gasteiger partial charge is 0.238 e. The van der Waals surface area contributed by atoms with E-state index in [1.54, 1.807) is 29.2 Å². The highest BCUT2D eigenvalue weighted by Gasteiger charge is 2.45. The maximum atomic E-state index is 13.3. The number of primary sulfonamides is 1. The van der Waals surface area contributed by atoms with Crippen LogP contribution in [0.2, 0.25) is 0 Å². The average molecular weight is 439 g/mol. The SMILES string of the molecule is CC1(C)CC(=O)C2=C(C1)N(c1ccc(S(N)(=O)=O)cc1)C(N)=C(C#N)C2c1ccco1. The lowest BCUT2D eigenvalue weighted by molar-refractivity contribution is -0.118. The van der Waals surface area contributed by atoms with Crippen LogP contribution in [0.3, 0.4) is 0 Å². The lowest BCUT2D eigenvalue weighted by Crippen LogP contribution is -2.42. The van der Waals surface area contributed by atoms with Gasteiger partial charge in [0.05, 0.1) is 28.7 Å². The molecule has 2 aliphatic rings. The van der Waals surface area contributed by atoms with Crippen LogP contribution in [0.5, 0.6) is 0 Å². The van der Waals surface area contributed by atoms with Crippen molar-refractivity contribution in [1.82, 2.24) is 0 Å². The Morgan fingerprint density at radius 3 is 2.42 bits per heavy atom. The molecule has 0 amide bonds. The fourth-order valence-electron chi connectivity index (χ4n) is 4.33. The van der Waals surface area contributed by atoms with Crippen molar-refractivity contribution in [3.05, 3.63) is 71.1 Å². The number of carbonyl (C=O) groups is 1. The normalized spacial score (nSPS) is 21.2. The highest BCUT2D eigenvalue weighted by atomic mass is 32.2. The number of ketones is 1. The monoisotopic (exact) mass is 438 g/mol. The lowest BCUT2D eigenvalue weighted by Gasteiger charge is -2.43. The Kier molecular flexibility index (Phi) is 4.80. The van der Waals surface area contributed by atoms with E-state index in [4.69, 9.17) is 15.3 Å². The van der Waals surface area contributed by atoms with Crippen molar-refractivity contribution in [2.75, 3.05) is 4.90 Å². The van der Waals surface area contributed by atoms with E-state index >= 15 is 0 Å². The van der Waals surface area contributed by atoms with Gasteiger partial charge in [-0.15, -0.1) is 0 Å². The number of anilines is 1. The van der Waals surface area contributed by atoms with Crippen LogP contribution in [-0.4, -0.2) is 14.2 Å². The summed E-state index contributed by atoms with van der Waals surface area (Å²) in [6, 6.07) is 11.5. The van der Waals surface area contributed by atoms with Crippen LogP contribution in [0.25, 0.3) is 0 Å². The van der Waals surface area contributed by atoms with Crippen molar-refractivity contribution < 1.29 is 17.6 Å². The van der Waals surface area contributed by atoms with E-state index in [2.05, 4.69) is 6.07 Å². The molecule has 1 aromatic heterocycles. The Morgan fingerprint density at radius 1 is 1.19 bits per heavy atom. The van der Waals surface area contributed by atoms with Crippen molar-refractivity contribution in [2.45, 2.75) is 37.5 Å². The molecule has 0 fully saturated rings. The first kappa shape index (κ1) is 20.9. The first-order chi connectivity index (χ1) is 14.5. The van der Waals surface area contributed by atoms with Gasteiger partial charge in [-0.1, -0.05) is 13.8 Å². The van der Waals surface area contributed by atoms with E-state index in [1.807, 2.05) is 13.8 Å². The predicted octanol–water partition coefficient (Wildman–Crippen LogP) is 2.87. The summed E-state index contributed by atoms with van der Waals surface area (Å²) < 4.78 is 28.8. The summed E-state index contributed by atoms with van der Waals surface area (Å²) in [5.74, 6) is -0.0987. The molecule has 2 aromatic rings. The predicted molar refractivity (Wildman–Crippen MR) is 114 cm³/mol. The van der Waals surface area contributed by atoms with Gasteiger partial charge in [-0.2, -0.15) is 5.26 Å². The van der Waals surface area contributed by atoms with E-state index in [0.29, 0.717) is 35.6 Å². The summed E-state index contributed by atoms with van der Waals surface area (Å²) in [4.78, 5) is 14.9. The van der Waals surface area contributed by atoms with Gasteiger partial charge in [0.25, 0.3) is 0 Å². The van der Waals surface area contributed by atoms with Gasteiger partial charge in [-0.3, -0.25) is 9.69 Å². The van der Waals surface area contributed by atoms with Crippen molar-refractivity contribution in [2.24, 2.45) is 16.3 Å². The summed E-state index contributed by atoms with van der Waals surface area (Å²) in [5, 5.41) is 15.1. The summed E-state index contributed by atoms with van der Waals surface area (Å²) in [7, 11) is -3.86. The zero-order chi connectivity index (χ0) is 22.6. The molecule has 1 unspecified atom stereocenters. The minimum absolute atomic E-state index is 0.0426. The van der Waals surface area contributed by atoms with Gasteiger partial charge in [-0.25, -0.2) is 13.6 Å². The first-order valence-electron chi connectivity index (χ1n) is 9.66. The van der Waals surface area contributed by atoms with Gasteiger partial charge in [0.15, 0.2) is 5.78 Å². The summed E-state index contributed by atoms with van der Waals surface area (Å²) >= 11 is 0. The number of rotatable bonds is 3. The minimum Gasteiger partial charge on any atom is -0.468 e. The van der Waals surface area contributed by atoms with E-state index in [9.17, 15) is 18.5 Å². The van der Waals surface area contributed by atoms with Crippen LogP contribution in [0, 0.1) is 16.7 Å². The van der Waals surface area contributed by atoms with Crippen LogP contribution in [0.15, 0.2) is 74.6 Å². The fraction of sp³-hybridized carbons (Fsp3) is 0.273. The first-order valence-corrected chi connectivity index (χ1v) is 11.2. The van der Waals surface area contributed by atoms with Crippen molar-refractivity contribution >= 4 is 21.5 Å². The molecule has 1 aromatic carbocycles. The van der Waals surface area contributed by atoms with E-state index in [1.165, 1.54) is 18.4 Å². The number of sulfonamides is 1. The Balaban J connectivity index is 1.95. The maximum Gasteiger partial charge on any atom is 0.238 e. The molecule has 0 spiro atoms.